The molecule has 0 saturated carbocycles. The number of hydrogen-bond acceptors (Lipinski definition) is 2. The standard InChI is InChI=1S/C16H10Cl2N2/c17-13-4-3-5-14(18)12(13)9-8-11-10-19-15-6-1-2-7-16(15)20-11/h1-10H. The van der Waals surface area contributed by atoms with Crippen LogP contribution in [0.5, 0.6) is 0 Å². The summed E-state index contributed by atoms with van der Waals surface area (Å²) in [7, 11) is 0. The molecule has 0 bridgehead atoms. The molecule has 0 amide bonds. The van der Waals surface area contributed by atoms with Gasteiger partial charge in [0, 0.05) is 15.6 Å². The van der Waals surface area contributed by atoms with Crippen molar-refractivity contribution in [1.82, 2.24) is 9.97 Å². The van der Waals surface area contributed by atoms with E-state index < -0.39 is 0 Å². The number of nitrogens with zero attached hydrogens (tertiary/aromatic N) is 2. The quantitative estimate of drug-likeness (QED) is 0.657. The van der Waals surface area contributed by atoms with Gasteiger partial charge >= 0.3 is 0 Å². The van der Waals surface area contributed by atoms with Gasteiger partial charge in [0.1, 0.15) is 0 Å². The first-order chi connectivity index (χ1) is 9.74. The van der Waals surface area contributed by atoms with Gasteiger partial charge < -0.3 is 0 Å². The predicted octanol–water partition coefficient (Wildman–Crippen LogP) is 5.11. The van der Waals surface area contributed by atoms with Crippen LogP contribution in [0.25, 0.3) is 23.2 Å². The summed E-state index contributed by atoms with van der Waals surface area (Å²) in [6, 6.07) is 13.2. The first kappa shape index (κ1) is 13.1. The Morgan fingerprint density at radius 1 is 0.800 bits per heavy atom. The highest BCUT2D eigenvalue weighted by Crippen LogP contribution is 2.26. The minimum absolute atomic E-state index is 0.613. The molecule has 0 saturated heterocycles. The third-order valence-corrected chi connectivity index (χ3v) is 3.55. The predicted molar refractivity (Wildman–Crippen MR) is 84.9 cm³/mol. The monoisotopic (exact) mass is 300 g/mol. The molecule has 0 aliphatic carbocycles. The van der Waals surface area contributed by atoms with Gasteiger partial charge in [0.15, 0.2) is 0 Å². The van der Waals surface area contributed by atoms with Gasteiger partial charge in [0.05, 0.1) is 22.9 Å². The highest BCUT2D eigenvalue weighted by atomic mass is 35.5. The molecule has 2 nitrogen and oxygen atoms in total. The number of para-hydroxylation sites is 2. The first-order valence-electron chi connectivity index (χ1n) is 6.08. The summed E-state index contributed by atoms with van der Waals surface area (Å²) in [5.74, 6) is 0. The summed E-state index contributed by atoms with van der Waals surface area (Å²) in [6.07, 6.45) is 5.43. The normalized spacial score (nSPS) is 11.3. The van der Waals surface area contributed by atoms with Crippen LogP contribution in [0.2, 0.25) is 10.0 Å². The molecule has 0 N–H and O–H groups in total. The van der Waals surface area contributed by atoms with E-state index in [0.29, 0.717) is 10.0 Å². The van der Waals surface area contributed by atoms with E-state index in [4.69, 9.17) is 23.2 Å². The minimum atomic E-state index is 0.613. The highest BCUT2D eigenvalue weighted by molar-refractivity contribution is 6.37. The molecule has 0 aliphatic rings. The van der Waals surface area contributed by atoms with Crippen LogP contribution in [0, 0.1) is 0 Å². The van der Waals surface area contributed by atoms with Gasteiger partial charge in [-0.25, -0.2) is 4.98 Å². The van der Waals surface area contributed by atoms with Crippen molar-refractivity contribution in [3.8, 4) is 0 Å². The first-order valence-corrected chi connectivity index (χ1v) is 6.83. The molecule has 0 radical (unpaired) electrons. The van der Waals surface area contributed by atoms with E-state index in [0.717, 1.165) is 22.3 Å². The molecule has 0 unspecified atom stereocenters. The minimum Gasteiger partial charge on any atom is -0.252 e. The van der Waals surface area contributed by atoms with Gasteiger partial charge in [-0.1, -0.05) is 41.4 Å². The van der Waals surface area contributed by atoms with Crippen molar-refractivity contribution in [3.05, 3.63) is 70.0 Å². The summed E-state index contributed by atoms with van der Waals surface area (Å²) in [6.45, 7) is 0. The zero-order chi connectivity index (χ0) is 13.9. The van der Waals surface area contributed by atoms with Gasteiger partial charge in [-0.3, -0.25) is 4.98 Å². The van der Waals surface area contributed by atoms with Crippen LogP contribution < -0.4 is 0 Å². The largest absolute Gasteiger partial charge is 0.252 e. The fraction of sp³-hybridized carbons (Fsp3) is 0. The average molecular weight is 301 g/mol. The van der Waals surface area contributed by atoms with Gasteiger partial charge in [0.2, 0.25) is 0 Å². The molecule has 0 fully saturated rings. The molecule has 2 aromatic carbocycles. The van der Waals surface area contributed by atoms with E-state index in [2.05, 4.69) is 9.97 Å². The number of aromatic nitrogens is 2. The van der Waals surface area contributed by atoms with Crippen LogP contribution >= 0.6 is 23.2 Å². The van der Waals surface area contributed by atoms with Crippen molar-refractivity contribution < 1.29 is 0 Å². The molecule has 98 valence electrons. The van der Waals surface area contributed by atoms with Gasteiger partial charge in [-0.15, -0.1) is 0 Å². The van der Waals surface area contributed by atoms with Crippen molar-refractivity contribution in [3.63, 3.8) is 0 Å². The molecule has 3 rings (SSSR count). The lowest BCUT2D eigenvalue weighted by Gasteiger charge is -2.01. The SMILES string of the molecule is Clc1cccc(Cl)c1C=Cc1cnc2ccccc2n1. The van der Waals surface area contributed by atoms with Crippen LogP contribution in [-0.4, -0.2) is 9.97 Å². The fourth-order valence-corrected chi connectivity index (χ4v) is 2.41. The zero-order valence-electron chi connectivity index (χ0n) is 10.4. The van der Waals surface area contributed by atoms with E-state index >= 15 is 0 Å². The second-order valence-electron chi connectivity index (χ2n) is 4.25. The smallest absolute Gasteiger partial charge is 0.0894 e. The maximum absolute atomic E-state index is 6.12. The van der Waals surface area contributed by atoms with Crippen molar-refractivity contribution >= 4 is 46.4 Å². The van der Waals surface area contributed by atoms with Crippen molar-refractivity contribution in [2.75, 3.05) is 0 Å². The van der Waals surface area contributed by atoms with Crippen molar-refractivity contribution in [2.24, 2.45) is 0 Å². The third kappa shape index (κ3) is 2.67. The van der Waals surface area contributed by atoms with Crippen molar-refractivity contribution in [2.45, 2.75) is 0 Å². The van der Waals surface area contributed by atoms with Gasteiger partial charge in [-0.2, -0.15) is 0 Å². The number of fused-ring (bicyclic) bond motifs is 1. The maximum Gasteiger partial charge on any atom is 0.0894 e. The van der Waals surface area contributed by atoms with Crippen LogP contribution in [0.3, 0.4) is 0 Å². The Hall–Kier alpha value is -1.90. The summed E-state index contributed by atoms with van der Waals surface area (Å²) in [4.78, 5) is 8.87. The lowest BCUT2D eigenvalue weighted by molar-refractivity contribution is 1.27. The number of halogens is 2. The number of hydrogen-bond donors (Lipinski definition) is 0. The second kappa shape index (κ2) is 5.61. The van der Waals surface area contributed by atoms with Gasteiger partial charge in [0.25, 0.3) is 0 Å². The Balaban J connectivity index is 1.98. The Morgan fingerprint density at radius 2 is 1.50 bits per heavy atom. The lowest BCUT2D eigenvalue weighted by atomic mass is 10.2. The Kier molecular flexibility index (Phi) is 3.68. The van der Waals surface area contributed by atoms with Gasteiger partial charge in [-0.05, 0) is 36.4 Å². The molecule has 1 aromatic heterocycles. The van der Waals surface area contributed by atoms with E-state index in [1.165, 1.54) is 0 Å². The van der Waals surface area contributed by atoms with E-state index in [-0.39, 0.29) is 0 Å². The molecule has 0 spiro atoms. The molecule has 0 atom stereocenters. The van der Waals surface area contributed by atoms with Crippen molar-refractivity contribution in [1.29, 1.82) is 0 Å². The molecular formula is C16H10Cl2N2. The third-order valence-electron chi connectivity index (χ3n) is 2.89. The van der Waals surface area contributed by atoms with E-state index in [9.17, 15) is 0 Å². The zero-order valence-corrected chi connectivity index (χ0v) is 11.9. The summed E-state index contributed by atoms with van der Waals surface area (Å²) in [5, 5.41) is 1.23. The van der Waals surface area contributed by atoms with Crippen LogP contribution in [-0.2, 0) is 0 Å². The van der Waals surface area contributed by atoms with E-state index in [1.54, 1.807) is 18.3 Å². The topological polar surface area (TPSA) is 25.8 Å². The summed E-state index contributed by atoms with van der Waals surface area (Å²) < 4.78 is 0. The molecule has 0 aliphatic heterocycles. The molecule has 1 heterocycles. The maximum atomic E-state index is 6.12. The second-order valence-corrected chi connectivity index (χ2v) is 5.07. The van der Waals surface area contributed by atoms with E-state index in [1.807, 2.05) is 42.5 Å². The summed E-state index contributed by atoms with van der Waals surface area (Å²) >= 11 is 12.2. The van der Waals surface area contributed by atoms with Crippen LogP contribution in [0.1, 0.15) is 11.3 Å². The average Bonchev–Trinajstić information content (AvgIpc) is 2.46. The lowest BCUT2D eigenvalue weighted by Crippen LogP contribution is -1.86. The molecule has 20 heavy (non-hydrogen) atoms. The van der Waals surface area contributed by atoms with Crippen LogP contribution in [0.4, 0.5) is 0 Å². The Bertz CT molecular complexity index is 777. The summed E-state index contributed by atoms with van der Waals surface area (Å²) in [5.41, 5.74) is 3.28. The Labute approximate surface area is 126 Å². The molecular weight excluding hydrogens is 291 g/mol. The molecule has 4 heteroatoms. The fourth-order valence-electron chi connectivity index (χ4n) is 1.89. The number of benzene rings is 2. The van der Waals surface area contributed by atoms with Crippen LogP contribution in [0.15, 0.2) is 48.7 Å². The highest BCUT2D eigenvalue weighted by Gasteiger charge is 2.02. The Morgan fingerprint density at radius 3 is 2.25 bits per heavy atom. The molecule has 3 aromatic rings. The number of rotatable bonds is 2.